The predicted octanol–water partition coefficient (Wildman–Crippen LogP) is 2.21. The summed E-state index contributed by atoms with van der Waals surface area (Å²) < 4.78 is 10.9. The van der Waals surface area contributed by atoms with Crippen LogP contribution in [0.3, 0.4) is 0 Å². The number of nitrogens with one attached hydrogen (secondary N) is 1. The number of piperazine rings is 1. The van der Waals surface area contributed by atoms with E-state index in [1.165, 1.54) is 0 Å². The maximum atomic E-state index is 9.51. The van der Waals surface area contributed by atoms with Crippen LogP contribution in [-0.4, -0.2) is 60.3 Å². The summed E-state index contributed by atoms with van der Waals surface area (Å²) in [4.78, 5) is 17.2. The molecule has 1 N–H and O–H groups in total. The molecular weight excluding hydrogens is 432 g/mol. The highest BCUT2D eigenvalue weighted by molar-refractivity contribution is 5.92. The number of hydrogen-bond donors (Lipinski definition) is 1. The SMILES string of the molecule is COc1cc2ncnc(N3CCN(C(NCc4cccnc4)=C(C#N)C#N)CC3)c2cc1OC. The number of benzene rings is 1. The summed E-state index contributed by atoms with van der Waals surface area (Å²) in [7, 11) is 3.19. The van der Waals surface area contributed by atoms with Gasteiger partial charge in [0, 0.05) is 56.6 Å². The normalized spacial score (nSPS) is 13.1. The number of nitrogens with zero attached hydrogens (tertiary/aromatic N) is 7. The third-order valence-corrected chi connectivity index (χ3v) is 5.66. The molecule has 0 radical (unpaired) electrons. The van der Waals surface area contributed by atoms with E-state index in [4.69, 9.17) is 9.47 Å². The lowest BCUT2D eigenvalue weighted by molar-refractivity contribution is 0.297. The van der Waals surface area contributed by atoms with Crippen molar-refractivity contribution >= 4 is 16.7 Å². The molecule has 1 fully saturated rings. The molecule has 0 unspecified atom stereocenters. The fourth-order valence-corrected chi connectivity index (χ4v) is 3.94. The molecule has 10 nitrogen and oxygen atoms in total. The largest absolute Gasteiger partial charge is 0.493 e. The number of rotatable bonds is 7. The van der Waals surface area contributed by atoms with Crippen molar-refractivity contribution in [2.75, 3.05) is 45.3 Å². The molecule has 0 amide bonds. The van der Waals surface area contributed by atoms with Gasteiger partial charge in [0.05, 0.1) is 19.7 Å². The van der Waals surface area contributed by atoms with Gasteiger partial charge in [-0.2, -0.15) is 10.5 Å². The van der Waals surface area contributed by atoms with Crippen molar-refractivity contribution in [2.45, 2.75) is 6.54 Å². The second kappa shape index (κ2) is 10.4. The van der Waals surface area contributed by atoms with E-state index in [1.54, 1.807) is 32.9 Å². The van der Waals surface area contributed by atoms with Gasteiger partial charge >= 0.3 is 0 Å². The molecule has 34 heavy (non-hydrogen) atoms. The summed E-state index contributed by atoms with van der Waals surface area (Å²) in [5, 5.41) is 23.1. The standard InChI is InChI=1S/C24H24N8O2/c1-33-21-10-19-20(11-22(21)34-2)29-16-30-24(19)32-8-6-31(7-9-32)23(18(12-25)13-26)28-15-17-4-3-5-27-14-17/h3-5,10-11,14,16,28H,6-9,15H2,1-2H3. The molecular formula is C24H24N8O2. The van der Waals surface area contributed by atoms with Gasteiger partial charge in [-0.1, -0.05) is 6.07 Å². The van der Waals surface area contributed by atoms with Crippen LogP contribution in [-0.2, 0) is 6.54 Å². The highest BCUT2D eigenvalue weighted by Gasteiger charge is 2.24. The van der Waals surface area contributed by atoms with Gasteiger partial charge in [-0.05, 0) is 17.7 Å². The maximum absolute atomic E-state index is 9.51. The van der Waals surface area contributed by atoms with Crippen LogP contribution in [0.15, 0.2) is 54.4 Å². The number of aromatic nitrogens is 3. The Morgan fingerprint density at radius 3 is 2.44 bits per heavy atom. The minimum absolute atomic E-state index is 0.0571. The van der Waals surface area contributed by atoms with E-state index in [1.807, 2.05) is 41.3 Å². The van der Waals surface area contributed by atoms with Gasteiger partial charge in [-0.15, -0.1) is 0 Å². The molecule has 1 aliphatic heterocycles. The zero-order valence-corrected chi connectivity index (χ0v) is 19.0. The van der Waals surface area contributed by atoms with Crippen LogP contribution >= 0.6 is 0 Å². The molecule has 2 aromatic heterocycles. The average molecular weight is 457 g/mol. The smallest absolute Gasteiger partial charge is 0.169 e. The summed E-state index contributed by atoms with van der Waals surface area (Å²) in [6.45, 7) is 3.00. The van der Waals surface area contributed by atoms with Crippen LogP contribution in [0.5, 0.6) is 11.5 Å². The van der Waals surface area contributed by atoms with Crippen molar-refractivity contribution < 1.29 is 9.47 Å². The van der Waals surface area contributed by atoms with Gasteiger partial charge < -0.3 is 24.6 Å². The molecule has 0 bridgehead atoms. The van der Waals surface area contributed by atoms with Crippen LogP contribution in [0.2, 0.25) is 0 Å². The first-order valence-corrected chi connectivity index (χ1v) is 10.7. The van der Waals surface area contributed by atoms with E-state index < -0.39 is 0 Å². The van der Waals surface area contributed by atoms with Gasteiger partial charge in [0.2, 0.25) is 0 Å². The minimum atomic E-state index is 0.0571. The first kappa shape index (κ1) is 22.6. The van der Waals surface area contributed by atoms with Crippen molar-refractivity contribution in [1.82, 2.24) is 25.2 Å². The van der Waals surface area contributed by atoms with Crippen molar-refractivity contribution in [3.63, 3.8) is 0 Å². The Morgan fingerprint density at radius 1 is 1.06 bits per heavy atom. The summed E-state index contributed by atoms with van der Waals surface area (Å²) in [6, 6.07) is 11.6. The molecule has 172 valence electrons. The lowest BCUT2D eigenvalue weighted by Gasteiger charge is -2.38. The van der Waals surface area contributed by atoms with E-state index in [2.05, 4.69) is 25.2 Å². The Bertz CT molecular complexity index is 1260. The third kappa shape index (κ3) is 4.62. The van der Waals surface area contributed by atoms with Crippen molar-refractivity contribution in [1.29, 1.82) is 10.5 Å². The monoisotopic (exact) mass is 456 g/mol. The molecule has 3 aromatic rings. The van der Waals surface area contributed by atoms with Gasteiger partial charge in [0.15, 0.2) is 17.1 Å². The van der Waals surface area contributed by atoms with Crippen molar-refractivity contribution in [2.24, 2.45) is 0 Å². The molecule has 0 saturated carbocycles. The average Bonchev–Trinajstić information content (AvgIpc) is 2.90. The van der Waals surface area contributed by atoms with Crippen LogP contribution < -0.4 is 19.7 Å². The van der Waals surface area contributed by atoms with Crippen LogP contribution in [0, 0.1) is 22.7 Å². The van der Waals surface area contributed by atoms with Crippen LogP contribution in [0.1, 0.15) is 5.56 Å². The highest BCUT2D eigenvalue weighted by Crippen LogP contribution is 2.35. The van der Waals surface area contributed by atoms with Crippen molar-refractivity contribution in [3.8, 4) is 23.6 Å². The Labute approximate surface area is 197 Å². The second-order valence-electron chi connectivity index (χ2n) is 7.56. The highest BCUT2D eigenvalue weighted by atomic mass is 16.5. The molecule has 0 aliphatic carbocycles. The fraction of sp³-hybridized carbons (Fsp3) is 0.292. The summed E-state index contributed by atoms with van der Waals surface area (Å²) in [6.07, 6.45) is 5.00. The molecule has 1 saturated heterocycles. The molecule has 1 aliphatic rings. The Morgan fingerprint density at radius 2 is 1.79 bits per heavy atom. The number of methoxy groups -OCH3 is 2. The third-order valence-electron chi connectivity index (χ3n) is 5.66. The fourth-order valence-electron chi connectivity index (χ4n) is 3.94. The van der Waals surface area contributed by atoms with E-state index in [0.29, 0.717) is 50.0 Å². The molecule has 4 rings (SSSR count). The van der Waals surface area contributed by atoms with Gasteiger partial charge in [0.25, 0.3) is 0 Å². The summed E-state index contributed by atoms with van der Waals surface area (Å²) >= 11 is 0. The lowest BCUT2D eigenvalue weighted by atomic mass is 10.1. The number of allylic oxidation sites excluding steroid dienone is 1. The van der Waals surface area contributed by atoms with Crippen LogP contribution in [0.4, 0.5) is 5.82 Å². The second-order valence-corrected chi connectivity index (χ2v) is 7.56. The summed E-state index contributed by atoms with van der Waals surface area (Å²) in [5.74, 6) is 2.56. The maximum Gasteiger partial charge on any atom is 0.169 e. The predicted molar refractivity (Wildman–Crippen MR) is 126 cm³/mol. The zero-order chi connectivity index (χ0) is 23.9. The molecule has 0 spiro atoms. The zero-order valence-electron chi connectivity index (χ0n) is 19.0. The first-order chi connectivity index (χ1) is 16.7. The van der Waals surface area contributed by atoms with E-state index >= 15 is 0 Å². The number of hydrogen-bond acceptors (Lipinski definition) is 10. The van der Waals surface area contributed by atoms with Gasteiger partial charge in [0.1, 0.15) is 30.1 Å². The van der Waals surface area contributed by atoms with Crippen molar-refractivity contribution in [3.05, 3.63) is 59.9 Å². The van der Waals surface area contributed by atoms with E-state index in [9.17, 15) is 10.5 Å². The van der Waals surface area contributed by atoms with E-state index in [0.717, 1.165) is 22.3 Å². The number of pyridine rings is 1. The Balaban J connectivity index is 1.54. The molecule has 10 heteroatoms. The molecule has 1 aromatic carbocycles. The number of ether oxygens (including phenoxy) is 2. The minimum Gasteiger partial charge on any atom is -0.493 e. The van der Waals surface area contributed by atoms with Crippen LogP contribution in [0.25, 0.3) is 10.9 Å². The quantitative estimate of drug-likeness (QED) is 0.529. The number of anilines is 1. The topological polar surface area (TPSA) is 123 Å². The van der Waals surface area contributed by atoms with Gasteiger partial charge in [-0.3, -0.25) is 4.98 Å². The molecule has 3 heterocycles. The number of fused-ring (bicyclic) bond motifs is 1. The molecule has 0 atom stereocenters. The van der Waals surface area contributed by atoms with E-state index in [-0.39, 0.29) is 5.57 Å². The summed E-state index contributed by atoms with van der Waals surface area (Å²) in [5.41, 5.74) is 1.78. The lowest BCUT2D eigenvalue weighted by Crippen LogP contribution is -2.48. The number of nitriles is 2. The first-order valence-electron chi connectivity index (χ1n) is 10.7. The van der Waals surface area contributed by atoms with Gasteiger partial charge in [-0.25, -0.2) is 9.97 Å². The Hall–Kier alpha value is -4.57. The Kier molecular flexibility index (Phi) is 6.89.